The molecule has 7 heteroatoms. The first-order valence-corrected chi connectivity index (χ1v) is 12.1. The van der Waals surface area contributed by atoms with Crippen LogP contribution in [-0.4, -0.2) is 10.9 Å². The second-order valence-electron chi connectivity index (χ2n) is 8.13. The van der Waals surface area contributed by atoms with E-state index in [4.69, 9.17) is 16.0 Å². The number of amides is 1. The van der Waals surface area contributed by atoms with Crippen LogP contribution >= 0.6 is 22.9 Å². The molecular formula is C28H17ClN2O3S. The van der Waals surface area contributed by atoms with Crippen molar-refractivity contribution in [1.29, 1.82) is 0 Å². The molecule has 0 aliphatic rings. The molecule has 35 heavy (non-hydrogen) atoms. The van der Waals surface area contributed by atoms with E-state index in [0.29, 0.717) is 21.1 Å². The van der Waals surface area contributed by atoms with Crippen molar-refractivity contribution < 1.29 is 9.21 Å². The van der Waals surface area contributed by atoms with Gasteiger partial charge in [-0.15, -0.1) is 0 Å². The van der Waals surface area contributed by atoms with E-state index < -0.39 is 11.5 Å². The molecule has 6 aromatic rings. The predicted octanol–water partition coefficient (Wildman–Crippen LogP) is 7.06. The zero-order valence-corrected chi connectivity index (χ0v) is 19.8. The van der Waals surface area contributed by atoms with E-state index in [9.17, 15) is 9.59 Å². The minimum atomic E-state index is -0.681. The first-order chi connectivity index (χ1) is 17.1. The molecule has 170 valence electrons. The molecule has 0 bridgehead atoms. The summed E-state index contributed by atoms with van der Waals surface area (Å²) in [5.74, 6) is -0.470. The number of carbonyl (C=O) groups is 1. The Morgan fingerprint density at radius 1 is 0.914 bits per heavy atom. The molecule has 0 N–H and O–H groups in total. The molecule has 0 unspecified atom stereocenters. The van der Waals surface area contributed by atoms with Crippen molar-refractivity contribution in [3.05, 3.63) is 118 Å². The van der Waals surface area contributed by atoms with Gasteiger partial charge in [-0.1, -0.05) is 83.6 Å². The monoisotopic (exact) mass is 496 g/mol. The van der Waals surface area contributed by atoms with Gasteiger partial charge in [0, 0.05) is 10.4 Å². The van der Waals surface area contributed by atoms with Crippen LogP contribution in [-0.2, 0) is 6.54 Å². The number of hydrogen-bond donors (Lipinski definition) is 0. The average Bonchev–Trinajstić information content (AvgIpc) is 3.30. The van der Waals surface area contributed by atoms with Crippen LogP contribution in [0.1, 0.15) is 15.9 Å². The Bertz CT molecular complexity index is 1790. The number of thiazole rings is 1. The number of anilines is 1. The van der Waals surface area contributed by atoms with Gasteiger partial charge in [-0.3, -0.25) is 9.69 Å². The molecule has 0 aliphatic carbocycles. The summed E-state index contributed by atoms with van der Waals surface area (Å²) >= 11 is 7.52. The van der Waals surface area contributed by atoms with Crippen LogP contribution in [0.15, 0.2) is 100 Å². The molecule has 0 saturated carbocycles. The smallest absolute Gasteiger partial charge is 0.349 e. The lowest BCUT2D eigenvalue weighted by Crippen LogP contribution is -2.33. The quantitative estimate of drug-likeness (QED) is 0.194. The summed E-state index contributed by atoms with van der Waals surface area (Å²) in [6, 6.07) is 28.1. The van der Waals surface area contributed by atoms with Crippen molar-refractivity contribution in [3.63, 3.8) is 0 Å². The molecule has 2 aromatic heterocycles. The number of rotatable bonds is 4. The first-order valence-electron chi connectivity index (χ1n) is 10.9. The zero-order valence-electron chi connectivity index (χ0n) is 18.3. The Kier molecular flexibility index (Phi) is 5.32. The third-order valence-electron chi connectivity index (χ3n) is 5.87. The van der Waals surface area contributed by atoms with Crippen molar-refractivity contribution in [3.8, 4) is 0 Å². The Morgan fingerprint density at radius 3 is 2.57 bits per heavy atom. The summed E-state index contributed by atoms with van der Waals surface area (Å²) in [6.07, 6.45) is 0. The molecule has 5 nitrogen and oxygen atoms in total. The maximum absolute atomic E-state index is 13.9. The number of hydrogen-bond acceptors (Lipinski definition) is 5. The highest BCUT2D eigenvalue weighted by molar-refractivity contribution is 7.22. The normalized spacial score (nSPS) is 11.3. The Labute approximate surface area is 208 Å². The molecule has 0 spiro atoms. The molecule has 4 aromatic carbocycles. The molecule has 0 aliphatic heterocycles. The van der Waals surface area contributed by atoms with Crippen LogP contribution in [0, 0.1) is 0 Å². The Morgan fingerprint density at radius 2 is 1.71 bits per heavy atom. The fourth-order valence-electron chi connectivity index (χ4n) is 4.16. The number of halogens is 1. The standard InChI is InChI=1S/C28H17ClN2O3S/c29-19-11-12-23-25(14-19)35-28(30-23)31(16-17-6-2-1-3-7-17)26(32)22-15-21-20-9-5-4-8-18(20)10-13-24(21)34-27(22)33/h1-15H,16H2. The van der Waals surface area contributed by atoms with E-state index in [1.807, 2.05) is 72.8 Å². The highest BCUT2D eigenvalue weighted by Gasteiger charge is 2.25. The lowest BCUT2D eigenvalue weighted by atomic mass is 10.0. The third kappa shape index (κ3) is 3.97. The van der Waals surface area contributed by atoms with Gasteiger partial charge in [0.05, 0.1) is 16.8 Å². The minimum Gasteiger partial charge on any atom is -0.422 e. The Hall–Kier alpha value is -4.00. The van der Waals surface area contributed by atoms with E-state index in [1.165, 1.54) is 16.2 Å². The lowest BCUT2D eigenvalue weighted by Gasteiger charge is -2.20. The SMILES string of the molecule is O=C(c1cc2c(ccc3ccccc32)oc1=O)N(Cc1ccccc1)c1nc2ccc(Cl)cc2s1. The van der Waals surface area contributed by atoms with Gasteiger partial charge in [0.2, 0.25) is 0 Å². The number of fused-ring (bicyclic) bond motifs is 4. The maximum Gasteiger partial charge on any atom is 0.349 e. The zero-order chi connectivity index (χ0) is 23.9. The van der Waals surface area contributed by atoms with Crippen LogP contribution < -0.4 is 10.5 Å². The molecule has 1 amide bonds. The molecule has 6 rings (SSSR count). The van der Waals surface area contributed by atoms with Gasteiger partial charge in [-0.2, -0.15) is 0 Å². The molecule has 0 saturated heterocycles. The Balaban J connectivity index is 1.52. The van der Waals surface area contributed by atoms with Crippen LogP contribution in [0.3, 0.4) is 0 Å². The van der Waals surface area contributed by atoms with Crippen molar-refractivity contribution in [2.45, 2.75) is 6.54 Å². The number of nitrogens with zero attached hydrogens (tertiary/aromatic N) is 2. The summed E-state index contributed by atoms with van der Waals surface area (Å²) in [5.41, 5.74) is 1.36. The summed E-state index contributed by atoms with van der Waals surface area (Å²) in [6.45, 7) is 0.250. The predicted molar refractivity (Wildman–Crippen MR) is 142 cm³/mol. The molecule has 0 fully saturated rings. The minimum absolute atomic E-state index is 0.0397. The van der Waals surface area contributed by atoms with E-state index in [1.54, 1.807) is 18.2 Å². The average molecular weight is 497 g/mol. The van der Waals surface area contributed by atoms with Crippen LogP contribution in [0.4, 0.5) is 5.13 Å². The lowest BCUT2D eigenvalue weighted by molar-refractivity contribution is 0.0981. The van der Waals surface area contributed by atoms with Crippen LogP contribution in [0.5, 0.6) is 0 Å². The summed E-state index contributed by atoms with van der Waals surface area (Å²) in [7, 11) is 0. The maximum atomic E-state index is 13.9. The van der Waals surface area contributed by atoms with Crippen LogP contribution in [0.2, 0.25) is 5.02 Å². The fourth-order valence-corrected chi connectivity index (χ4v) is 5.40. The van der Waals surface area contributed by atoms with Crippen LogP contribution in [0.25, 0.3) is 32.0 Å². The van der Waals surface area contributed by atoms with Gasteiger partial charge in [-0.25, -0.2) is 9.78 Å². The third-order valence-corrected chi connectivity index (χ3v) is 7.15. The topological polar surface area (TPSA) is 63.4 Å². The van der Waals surface area contributed by atoms with Crippen molar-refractivity contribution in [2.75, 3.05) is 4.90 Å². The van der Waals surface area contributed by atoms with Gasteiger partial charge in [0.1, 0.15) is 11.1 Å². The van der Waals surface area contributed by atoms with E-state index >= 15 is 0 Å². The second-order valence-corrected chi connectivity index (χ2v) is 9.58. The number of benzene rings is 4. The molecule has 0 atom stereocenters. The van der Waals surface area contributed by atoms with Gasteiger partial charge in [-0.05, 0) is 46.7 Å². The van der Waals surface area contributed by atoms with E-state index in [-0.39, 0.29) is 12.1 Å². The first kappa shape index (κ1) is 21.5. The fraction of sp³-hybridized carbons (Fsp3) is 0.0357. The number of aromatic nitrogens is 1. The van der Waals surface area contributed by atoms with Gasteiger partial charge >= 0.3 is 5.63 Å². The molecular weight excluding hydrogens is 480 g/mol. The van der Waals surface area contributed by atoms with E-state index in [2.05, 4.69) is 4.98 Å². The molecule has 0 radical (unpaired) electrons. The van der Waals surface area contributed by atoms with Crippen molar-refractivity contribution in [1.82, 2.24) is 4.98 Å². The van der Waals surface area contributed by atoms with Crippen molar-refractivity contribution >= 4 is 65.9 Å². The van der Waals surface area contributed by atoms with Gasteiger partial charge in [0.15, 0.2) is 5.13 Å². The highest BCUT2D eigenvalue weighted by atomic mass is 35.5. The van der Waals surface area contributed by atoms with E-state index in [0.717, 1.165) is 26.6 Å². The summed E-state index contributed by atoms with van der Waals surface area (Å²) < 4.78 is 6.45. The largest absolute Gasteiger partial charge is 0.422 e. The van der Waals surface area contributed by atoms with Gasteiger partial charge < -0.3 is 4.42 Å². The number of carbonyl (C=O) groups excluding carboxylic acids is 1. The summed E-state index contributed by atoms with van der Waals surface area (Å²) in [5, 5.41) is 3.69. The summed E-state index contributed by atoms with van der Waals surface area (Å²) in [4.78, 5) is 33.1. The van der Waals surface area contributed by atoms with Crippen molar-refractivity contribution in [2.24, 2.45) is 0 Å². The molecule has 2 heterocycles. The van der Waals surface area contributed by atoms with Gasteiger partial charge in [0.25, 0.3) is 5.91 Å². The highest BCUT2D eigenvalue weighted by Crippen LogP contribution is 2.33. The second kappa shape index (κ2) is 8.65.